The predicted octanol–water partition coefficient (Wildman–Crippen LogP) is 2.76. The lowest BCUT2D eigenvalue weighted by atomic mass is 10.0. The first-order valence-corrected chi connectivity index (χ1v) is 10.1. The van der Waals surface area contributed by atoms with Gasteiger partial charge in [0.05, 0.1) is 0 Å². The van der Waals surface area contributed by atoms with E-state index < -0.39 is 0 Å². The number of hydrogen-bond acceptors (Lipinski definition) is 6. The van der Waals surface area contributed by atoms with Gasteiger partial charge in [0, 0.05) is 45.3 Å². The van der Waals surface area contributed by atoms with Gasteiger partial charge in [-0.2, -0.15) is 0 Å². The molecular weight excluding hydrogens is 336 g/mol. The second kappa shape index (κ2) is 8.13. The van der Waals surface area contributed by atoms with E-state index in [1.807, 2.05) is 0 Å². The van der Waals surface area contributed by atoms with Gasteiger partial charge in [-0.15, -0.1) is 0 Å². The lowest BCUT2D eigenvalue weighted by Gasteiger charge is -2.38. The zero-order valence-electron chi connectivity index (χ0n) is 16.2. The molecule has 0 radical (unpaired) electrons. The van der Waals surface area contributed by atoms with Crippen molar-refractivity contribution in [2.45, 2.75) is 38.8 Å². The van der Waals surface area contributed by atoms with Gasteiger partial charge in [-0.25, -0.2) is 9.97 Å². The maximum Gasteiger partial charge on any atom is 0.157 e. The van der Waals surface area contributed by atoms with E-state index in [1.165, 1.54) is 24.8 Å². The Hall–Kier alpha value is -2.34. The van der Waals surface area contributed by atoms with Crippen molar-refractivity contribution in [2.75, 3.05) is 48.3 Å². The van der Waals surface area contributed by atoms with Gasteiger partial charge in [0.2, 0.25) is 0 Å². The van der Waals surface area contributed by atoms with Crippen molar-refractivity contribution in [2.24, 2.45) is 0 Å². The van der Waals surface area contributed by atoms with Crippen LogP contribution in [0.25, 0.3) is 0 Å². The van der Waals surface area contributed by atoms with Crippen LogP contribution in [0.3, 0.4) is 0 Å². The summed E-state index contributed by atoms with van der Waals surface area (Å²) in [5.41, 5.74) is 8.65. The second-order valence-corrected chi connectivity index (χ2v) is 7.72. The van der Waals surface area contributed by atoms with E-state index in [0.717, 1.165) is 56.6 Å². The molecule has 1 atom stereocenters. The molecule has 2 saturated heterocycles. The molecule has 144 valence electrons. The van der Waals surface area contributed by atoms with Crippen LogP contribution in [0, 0.1) is 0 Å². The van der Waals surface area contributed by atoms with Crippen molar-refractivity contribution < 1.29 is 0 Å². The first kappa shape index (κ1) is 18.0. The maximum atomic E-state index is 6.54. The molecule has 0 bridgehead atoms. The summed E-state index contributed by atoms with van der Waals surface area (Å²) in [6, 6.07) is 11.2. The molecule has 0 saturated carbocycles. The number of piperazine rings is 1. The van der Waals surface area contributed by atoms with Gasteiger partial charge in [0.25, 0.3) is 0 Å². The van der Waals surface area contributed by atoms with Crippen LogP contribution in [-0.2, 0) is 6.54 Å². The van der Waals surface area contributed by atoms with Crippen molar-refractivity contribution in [3.63, 3.8) is 0 Å². The summed E-state index contributed by atoms with van der Waals surface area (Å²) in [6.45, 7) is 8.24. The summed E-state index contributed by atoms with van der Waals surface area (Å²) in [4.78, 5) is 16.2. The summed E-state index contributed by atoms with van der Waals surface area (Å²) >= 11 is 0. The summed E-state index contributed by atoms with van der Waals surface area (Å²) in [6.07, 6.45) is 5.38. The van der Waals surface area contributed by atoms with E-state index in [0.29, 0.717) is 6.04 Å². The number of hydrogen-bond donors (Lipinski definition) is 1. The first-order chi connectivity index (χ1) is 13.2. The third-order valence-electron chi connectivity index (χ3n) is 5.84. The number of aromatic nitrogens is 2. The molecular formula is C21H30N6. The average Bonchev–Trinajstić information content (AvgIpc) is 2.70. The van der Waals surface area contributed by atoms with Crippen LogP contribution >= 0.6 is 0 Å². The highest BCUT2D eigenvalue weighted by Crippen LogP contribution is 2.33. The molecule has 6 heteroatoms. The largest absolute Gasteiger partial charge is 0.393 e. The SMILES string of the molecule is CC1CCCCN1c1ncnc(N2CCN(Cc3ccccc3)CC2)c1N. The fraction of sp³-hybridized carbons (Fsp3) is 0.524. The Balaban J connectivity index is 1.43. The zero-order chi connectivity index (χ0) is 18.6. The molecule has 0 amide bonds. The van der Waals surface area contributed by atoms with Crippen LogP contribution in [0.15, 0.2) is 36.7 Å². The Morgan fingerprint density at radius 3 is 2.44 bits per heavy atom. The molecule has 2 fully saturated rings. The molecule has 1 aromatic carbocycles. The minimum Gasteiger partial charge on any atom is -0.393 e. The van der Waals surface area contributed by atoms with Gasteiger partial charge in [-0.1, -0.05) is 30.3 Å². The smallest absolute Gasteiger partial charge is 0.157 e. The van der Waals surface area contributed by atoms with E-state index in [-0.39, 0.29) is 0 Å². The molecule has 1 aromatic heterocycles. The molecule has 2 N–H and O–H groups in total. The summed E-state index contributed by atoms with van der Waals surface area (Å²) in [5, 5.41) is 0. The molecule has 27 heavy (non-hydrogen) atoms. The van der Waals surface area contributed by atoms with Gasteiger partial charge in [0.15, 0.2) is 11.6 Å². The van der Waals surface area contributed by atoms with E-state index in [2.05, 4.69) is 61.9 Å². The zero-order valence-corrected chi connectivity index (χ0v) is 16.2. The van der Waals surface area contributed by atoms with E-state index in [9.17, 15) is 0 Å². The first-order valence-electron chi connectivity index (χ1n) is 10.1. The summed E-state index contributed by atoms with van der Waals surface area (Å²) < 4.78 is 0. The Morgan fingerprint density at radius 1 is 0.963 bits per heavy atom. The van der Waals surface area contributed by atoms with Crippen molar-refractivity contribution >= 4 is 17.3 Å². The second-order valence-electron chi connectivity index (χ2n) is 7.72. The number of anilines is 3. The quantitative estimate of drug-likeness (QED) is 0.898. The van der Waals surface area contributed by atoms with Gasteiger partial charge in [-0.05, 0) is 31.7 Å². The van der Waals surface area contributed by atoms with Crippen molar-refractivity contribution in [3.05, 3.63) is 42.2 Å². The fourth-order valence-corrected chi connectivity index (χ4v) is 4.23. The Morgan fingerprint density at radius 2 is 1.70 bits per heavy atom. The molecule has 1 unspecified atom stereocenters. The highest BCUT2D eigenvalue weighted by Gasteiger charge is 2.26. The normalized spacial score (nSPS) is 21.4. The van der Waals surface area contributed by atoms with Gasteiger partial charge in [-0.3, -0.25) is 4.90 Å². The molecule has 3 heterocycles. The van der Waals surface area contributed by atoms with Crippen LogP contribution in [0.2, 0.25) is 0 Å². The van der Waals surface area contributed by atoms with Gasteiger partial charge < -0.3 is 15.5 Å². The number of piperidine rings is 1. The number of benzene rings is 1. The fourth-order valence-electron chi connectivity index (χ4n) is 4.23. The summed E-state index contributed by atoms with van der Waals surface area (Å²) in [7, 11) is 0. The van der Waals surface area contributed by atoms with Crippen LogP contribution < -0.4 is 15.5 Å². The lowest BCUT2D eigenvalue weighted by molar-refractivity contribution is 0.249. The third kappa shape index (κ3) is 4.00. The van der Waals surface area contributed by atoms with Crippen molar-refractivity contribution in [1.82, 2.24) is 14.9 Å². The lowest BCUT2D eigenvalue weighted by Crippen LogP contribution is -2.46. The van der Waals surface area contributed by atoms with Crippen molar-refractivity contribution in [1.29, 1.82) is 0 Å². The van der Waals surface area contributed by atoms with Crippen LogP contribution in [0.4, 0.5) is 17.3 Å². The molecule has 0 aliphatic carbocycles. The Bertz CT molecular complexity index is 742. The predicted molar refractivity (Wildman–Crippen MR) is 111 cm³/mol. The number of nitrogen functional groups attached to an aromatic ring is 1. The average molecular weight is 367 g/mol. The van der Waals surface area contributed by atoms with Gasteiger partial charge in [0.1, 0.15) is 12.0 Å². The molecule has 0 spiro atoms. The third-order valence-corrected chi connectivity index (χ3v) is 5.84. The highest BCUT2D eigenvalue weighted by atomic mass is 15.3. The van der Waals surface area contributed by atoms with Crippen LogP contribution in [0.5, 0.6) is 0 Å². The number of rotatable bonds is 4. The summed E-state index contributed by atoms with van der Waals surface area (Å²) in [5.74, 6) is 1.82. The molecule has 2 aliphatic rings. The van der Waals surface area contributed by atoms with Crippen LogP contribution in [-0.4, -0.2) is 53.6 Å². The Kier molecular flexibility index (Phi) is 5.43. The van der Waals surface area contributed by atoms with E-state index in [4.69, 9.17) is 5.73 Å². The maximum absolute atomic E-state index is 6.54. The molecule has 6 nitrogen and oxygen atoms in total. The molecule has 2 aromatic rings. The highest BCUT2D eigenvalue weighted by molar-refractivity contribution is 5.76. The van der Waals surface area contributed by atoms with Gasteiger partial charge >= 0.3 is 0 Å². The van der Waals surface area contributed by atoms with Crippen LogP contribution in [0.1, 0.15) is 31.7 Å². The number of nitrogens with two attached hydrogens (primary N) is 1. The van der Waals surface area contributed by atoms with E-state index >= 15 is 0 Å². The minimum absolute atomic E-state index is 0.492. The molecule has 4 rings (SSSR count). The number of nitrogens with zero attached hydrogens (tertiary/aromatic N) is 5. The van der Waals surface area contributed by atoms with E-state index in [1.54, 1.807) is 6.33 Å². The Labute approximate surface area is 162 Å². The minimum atomic E-state index is 0.492. The monoisotopic (exact) mass is 366 g/mol. The topological polar surface area (TPSA) is 61.5 Å². The standard InChI is InChI=1S/C21H30N6/c1-17-7-5-6-10-27(17)21-19(22)20(23-16-24-21)26-13-11-25(12-14-26)15-18-8-3-2-4-9-18/h2-4,8-9,16-17H,5-7,10-15,22H2,1H3. The van der Waals surface area contributed by atoms with Crippen molar-refractivity contribution in [3.8, 4) is 0 Å². The molecule has 2 aliphatic heterocycles.